The monoisotopic (exact) mass is 498 g/mol. The summed E-state index contributed by atoms with van der Waals surface area (Å²) in [5, 5.41) is 12.9. The molecule has 1 aliphatic heterocycles. The first-order valence-electron chi connectivity index (χ1n) is 12.4. The van der Waals surface area contributed by atoms with Gasteiger partial charge in [0, 0.05) is 34.7 Å². The highest BCUT2D eigenvalue weighted by molar-refractivity contribution is 6.10. The smallest absolute Gasteiger partial charge is 0.337 e. The molecule has 3 N–H and O–H groups in total. The van der Waals surface area contributed by atoms with E-state index in [-0.39, 0.29) is 0 Å². The zero-order chi connectivity index (χ0) is 26.5. The lowest BCUT2D eigenvalue weighted by molar-refractivity contribution is -0.162. The molecule has 2 heterocycles. The summed E-state index contributed by atoms with van der Waals surface area (Å²) in [5.41, 5.74) is 9.96. The van der Waals surface area contributed by atoms with E-state index in [9.17, 15) is 14.7 Å². The molecule has 1 atom stereocenters. The Balaban J connectivity index is 1.90. The van der Waals surface area contributed by atoms with Crippen molar-refractivity contribution in [1.29, 1.82) is 0 Å². The molecule has 0 fully saturated rings. The summed E-state index contributed by atoms with van der Waals surface area (Å²) in [5.74, 6) is -0.833. The van der Waals surface area contributed by atoms with Crippen LogP contribution in [0, 0.1) is 6.92 Å². The quantitative estimate of drug-likeness (QED) is 0.337. The van der Waals surface area contributed by atoms with Gasteiger partial charge in [0.05, 0.1) is 17.7 Å². The van der Waals surface area contributed by atoms with Gasteiger partial charge in [0.25, 0.3) is 0 Å². The molecule has 0 aliphatic carbocycles. The molecular formula is C30H30N2O5. The van der Waals surface area contributed by atoms with Crippen molar-refractivity contribution in [2.45, 2.75) is 52.2 Å². The standard InChI is InChI=1S/C30H30N2O5/c1-5-30(3,4)37-27(29(34)35)23-16(2)14-19-15-18(28(31)33)6-7-20(19)25(23)21-8-9-22-24-17(11-13-36-22)10-12-32-26(21)24/h6-10,12,14-15,27H,5,11,13H2,1-4H3,(H2,31,33)(H,34,35)/t27-/m0/s1. The summed E-state index contributed by atoms with van der Waals surface area (Å²) in [7, 11) is 0. The van der Waals surface area contributed by atoms with Crippen molar-refractivity contribution in [3.05, 3.63) is 70.9 Å². The number of hydrogen-bond acceptors (Lipinski definition) is 5. The van der Waals surface area contributed by atoms with Crippen molar-refractivity contribution in [2.24, 2.45) is 5.73 Å². The van der Waals surface area contributed by atoms with E-state index >= 15 is 0 Å². The van der Waals surface area contributed by atoms with Crippen LogP contribution in [0.15, 0.2) is 48.7 Å². The first-order valence-corrected chi connectivity index (χ1v) is 12.4. The summed E-state index contributed by atoms with van der Waals surface area (Å²) in [6.07, 6.45) is 1.97. The van der Waals surface area contributed by atoms with Crippen molar-refractivity contribution in [3.8, 4) is 16.9 Å². The van der Waals surface area contributed by atoms with Gasteiger partial charge < -0.3 is 20.3 Å². The van der Waals surface area contributed by atoms with Gasteiger partial charge in [-0.2, -0.15) is 0 Å². The molecule has 4 aromatic rings. The molecule has 0 saturated carbocycles. The molecule has 0 bridgehead atoms. The van der Waals surface area contributed by atoms with Gasteiger partial charge >= 0.3 is 5.97 Å². The van der Waals surface area contributed by atoms with E-state index < -0.39 is 23.6 Å². The molecule has 0 spiro atoms. The lowest BCUT2D eigenvalue weighted by Crippen LogP contribution is -2.30. The maximum Gasteiger partial charge on any atom is 0.337 e. The van der Waals surface area contributed by atoms with E-state index in [1.165, 1.54) is 0 Å². The molecule has 1 aromatic heterocycles. The number of nitrogens with zero attached hydrogens (tertiary/aromatic N) is 1. The van der Waals surface area contributed by atoms with Crippen molar-refractivity contribution < 1.29 is 24.2 Å². The first kappa shape index (κ1) is 24.7. The van der Waals surface area contributed by atoms with Crippen LogP contribution >= 0.6 is 0 Å². The number of benzene rings is 3. The average molecular weight is 499 g/mol. The summed E-state index contributed by atoms with van der Waals surface area (Å²) < 4.78 is 12.2. The Bertz CT molecular complexity index is 1560. The van der Waals surface area contributed by atoms with Crippen LogP contribution in [-0.2, 0) is 16.0 Å². The fourth-order valence-corrected chi connectivity index (χ4v) is 5.08. The minimum atomic E-state index is -1.22. The number of rotatable bonds is 7. The Morgan fingerprint density at radius 2 is 1.97 bits per heavy atom. The minimum Gasteiger partial charge on any atom is -0.493 e. The Morgan fingerprint density at radius 1 is 1.19 bits per heavy atom. The van der Waals surface area contributed by atoms with Crippen LogP contribution in [-0.4, -0.2) is 34.2 Å². The molecule has 1 aliphatic rings. The van der Waals surface area contributed by atoms with Crippen molar-refractivity contribution >= 4 is 33.6 Å². The normalized spacial score (nSPS) is 13.9. The number of aliphatic carboxylic acids is 1. The summed E-state index contributed by atoms with van der Waals surface area (Å²) in [6, 6.07) is 13.0. The lowest BCUT2D eigenvalue weighted by Gasteiger charge is -2.31. The second kappa shape index (κ2) is 9.16. The SMILES string of the molecule is CCC(C)(C)O[C@H](C(=O)O)c1c(C)cc2cc(C(N)=O)ccc2c1-c1ccc2c3c(ccnc13)CCO2. The molecule has 37 heavy (non-hydrogen) atoms. The van der Waals surface area contributed by atoms with Crippen LogP contribution in [0.3, 0.4) is 0 Å². The molecule has 0 unspecified atom stereocenters. The molecule has 3 aromatic carbocycles. The van der Waals surface area contributed by atoms with Crippen LogP contribution in [0.1, 0.15) is 60.3 Å². The van der Waals surface area contributed by atoms with Crippen LogP contribution in [0.25, 0.3) is 32.8 Å². The van der Waals surface area contributed by atoms with Crippen LogP contribution < -0.4 is 10.5 Å². The Kier molecular flexibility index (Phi) is 6.12. The molecular weight excluding hydrogens is 468 g/mol. The number of ether oxygens (including phenoxy) is 2. The van der Waals surface area contributed by atoms with Crippen molar-refractivity contribution in [2.75, 3.05) is 6.61 Å². The molecule has 7 nitrogen and oxygen atoms in total. The third kappa shape index (κ3) is 4.29. The summed E-state index contributed by atoms with van der Waals surface area (Å²) >= 11 is 0. The molecule has 5 rings (SSSR count). The molecule has 0 saturated heterocycles. The lowest BCUT2D eigenvalue weighted by atomic mass is 9.85. The fourth-order valence-electron chi connectivity index (χ4n) is 5.08. The largest absolute Gasteiger partial charge is 0.493 e. The van der Waals surface area contributed by atoms with E-state index in [0.29, 0.717) is 29.7 Å². The van der Waals surface area contributed by atoms with Crippen LogP contribution in [0.4, 0.5) is 0 Å². The number of carboxylic acids is 1. The van der Waals surface area contributed by atoms with Crippen LogP contribution in [0.2, 0.25) is 0 Å². The van der Waals surface area contributed by atoms with Gasteiger partial charge in [0.1, 0.15) is 5.75 Å². The van der Waals surface area contributed by atoms with Gasteiger partial charge in [-0.25, -0.2) is 4.79 Å². The Labute approximate surface area is 215 Å². The third-order valence-corrected chi connectivity index (χ3v) is 7.28. The Morgan fingerprint density at radius 3 is 2.68 bits per heavy atom. The number of primary amides is 1. The predicted octanol–water partition coefficient (Wildman–Crippen LogP) is 5.73. The summed E-state index contributed by atoms with van der Waals surface area (Å²) in [6.45, 7) is 8.21. The van der Waals surface area contributed by atoms with E-state index in [4.69, 9.17) is 20.2 Å². The highest BCUT2D eigenvalue weighted by Crippen LogP contribution is 2.45. The number of carbonyl (C=O) groups excluding carboxylic acids is 1. The topological polar surface area (TPSA) is 112 Å². The van der Waals surface area contributed by atoms with Gasteiger partial charge in [-0.05, 0) is 85.0 Å². The molecule has 7 heteroatoms. The number of hydrogen-bond donors (Lipinski definition) is 2. The van der Waals surface area contributed by atoms with Crippen molar-refractivity contribution in [3.63, 3.8) is 0 Å². The number of carbonyl (C=O) groups is 2. The Hall–Kier alpha value is -3.97. The van der Waals surface area contributed by atoms with Gasteiger partial charge in [0.2, 0.25) is 5.91 Å². The minimum absolute atomic E-state index is 0.382. The number of nitrogens with two attached hydrogens (primary N) is 1. The molecule has 0 radical (unpaired) electrons. The predicted molar refractivity (Wildman–Crippen MR) is 143 cm³/mol. The maximum atomic E-state index is 12.7. The molecule has 190 valence electrons. The van der Waals surface area contributed by atoms with E-state index in [1.54, 1.807) is 18.3 Å². The molecule has 1 amide bonds. The number of aryl methyl sites for hydroxylation is 1. The van der Waals surface area contributed by atoms with Gasteiger partial charge in [-0.1, -0.05) is 19.1 Å². The van der Waals surface area contributed by atoms with Crippen molar-refractivity contribution in [1.82, 2.24) is 4.98 Å². The van der Waals surface area contributed by atoms with Gasteiger partial charge in [-0.15, -0.1) is 0 Å². The van der Waals surface area contributed by atoms with E-state index in [2.05, 4.69) is 0 Å². The van der Waals surface area contributed by atoms with E-state index in [1.807, 2.05) is 58.0 Å². The number of pyridine rings is 1. The van der Waals surface area contributed by atoms with Gasteiger partial charge in [0.15, 0.2) is 6.10 Å². The number of carboxylic acid groups (broad SMARTS) is 1. The second-order valence-corrected chi connectivity index (χ2v) is 10.1. The second-order valence-electron chi connectivity index (χ2n) is 10.1. The highest BCUT2D eigenvalue weighted by Gasteiger charge is 2.33. The zero-order valence-corrected chi connectivity index (χ0v) is 21.4. The number of amides is 1. The first-order chi connectivity index (χ1) is 17.6. The zero-order valence-electron chi connectivity index (χ0n) is 21.4. The van der Waals surface area contributed by atoms with Crippen LogP contribution in [0.5, 0.6) is 5.75 Å². The van der Waals surface area contributed by atoms with E-state index in [0.717, 1.165) is 50.5 Å². The van der Waals surface area contributed by atoms with Gasteiger partial charge in [-0.3, -0.25) is 9.78 Å². The highest BCUT2D eigenvalue weighted by atomic mass is 16.5. The average Bonchev–Trinajstić information content (AvgIpc) is 2.87. The number of aromatic nitrogens is 1. The maximum absolute atomic E-state index is 12.7. The fraction of sp³-hybridized carbons (Fsp3) is 0.300. The number of fused-ring (bicyclic) bond motifs is 1. The summed E-state index contributed by atoms with van der Waals surface area (Å²) in [4.78, 5) is 29.4. The third-order valence-electron chi connectivity index (χ3n) is 7.28.